The molecular formula is C22H26FN5O3. The fourth-order valence-electron chi connectivity index (χ4n) is 4.36. The number of pyridine rings is 1. The number of nitrogens with one attached hydrogen (secondary N) is 3. The van der Waals surface area contributed by atoms with Crippen LogP contribution in [0.15, 0.2) is 41.2 Å². The predicted molar refractivity (Wildman–Crippen MR) is 116 cm³/mol. The standard InChI is InChI=1S/C22H26FN5O3/c1-13(2)24-21(30)26-18-7-8-19-15-9-14(11-28(19)20(18)29)10-27(12-15)22(31)25-17-5-3-16(23)4-6-17/h3-8,13-15H,9-12H2,1-2H3,(H,25,31)(H2,24,26,30). The van der Waals surface area contributed by atoms with E-state index >= 15 is 0 Å². The van der Waals surface area contributed by atoms with Crippen molar-refractivity contribution < 1.29 is 14.0 Å². The maximum atomic E-state index is 13.1. The van der Waals surface area contributed by atoms with Crippen molar-refractivity contribution >= 4 is 23.4 Å². The lowest BCUT2D eigenvalue weighted by Gasteiger charge is -2.42. The summed E-state index contributed by atoms with van der Waals surface area (Å²) in [7, 11) is 0. The minimum atomic E-state index is -0.410. The number of carbonyl (C=O) groups excluding carboxylic acids is 2. The Bertz CT molecular complexity index is 1050. The third-order valence-electron chi connectivity index (χ3n) is 5.65. The highest BCUT2D eigenvalue weighted by Crippen LogP contribution is 2.35. The highest BCUT2D eigenvalue weighted by atomic mass is 19.1. The van der Waals surface area contributed by atoms with Gasteiger partial charge in [0.2, 0.25) is 0 Å². The summed E-state index contributed by atoms with van der Waals surface area (Å²) in [6.45, 7) is 5.20. The minimum Gasteiger partial charge on any atom is -0.336 e. The van der Waals surface area contributed by atoms with Crippen LogP contribution in [0.1, 0.15) is 31.9 Å². The first kappa shape index (κ1) is 20.9. The molecule has 1 aromatic heterocycles. The van der Waals surface area contributed by atoms with Gasteiger partial charge in [0, 0.05) is 43.0 Å². The van der Waals surface area contributed by atoms with Crippen molar-refractivity contribution in [2.45, 2.75) is 38.8 Å². The summed E-state index contributed by atoms with van der Waals surface area (Å²) in [5.74, 6) is -0.177. The summed E-state index contributed by atoms with van der Waals surface area (Å²) < 4.78 is 14.8. The van der Waals surface area contributed by atoms with Gasteiger partial charge in [-0.3, -0.25) is 4.79 Å². The number of hydrogen-bond acceptors (Lipinski definition) is 3. The number of fused-ring (bicyclic) bond motifs is 4. The quantitative estimate of drug-likeness (QED) is 0.702. The van der Waals surface area contributed by atoms with E-state index in [4.69, 9.17) is 0 Å². The second kappa shape index (κ2) is 8.41. The van der Waals surface area contributed by atoms with Crippen molar-refractivity contribution in [2.75, 3.05) is 23.7 Å². The number of piperidine rings is 1. The Labute approximate surface area is 179 Å². The maximum Gasteiger partial charge on any atom is 0.321 e. The van der Waals surface area contributed by atoms with E-state index in [1.807, 2.05) is 19.9 Å². The lowest BCUT2D eigenvalue weighted by atomic mass is 9.83. The second-order valence-corrected chi connectivity index (χ2v) is 8.48. The summed E-state index contributed by atoms with van der Waals surface area (Å²) in [6, 6.07) is 8.46. The van der Waals surface area contributed by atoms with E-state index < -0.39 is 6.03 Å². The van der Waals surface area contributed by atoms with E-state index in [2.05, 4.69) is 16.0 Å². The van der Waals surface area contributed by atoms with Gasteiger partial charge < -0.3 is 25.4 Å². The van der Waals surface area contributed by atoms with E-state index in [9.17, 15) is 18.8 Å². The molecule has 9 heteroatoms. The molecule has 2 unspecified atom stereocenters. The number of rotatable bonds is 3. The van der Waals surface area contributed by atoms with Crippen molar-refractivity contribution in [3.8, 4) is 0 Å². The molecule has 4 amide bonds. The van der Waals surface area contributed by atoms with Crippen LogP contribution in [-0.2, 0) is 6.54 Å². The summed E-state index contributed by atoms with van der Waals surface area (Å²) >= 11 is 0. The molecule has 0 radical (unpaired) electrons. The summed E-state index contributed by atoms with van der Waals surface area (Å²) in [5.41, 5.74) is 1.42. The molecule has 2 aromatic rings. The molecule has 8 nitrogen and oxygen atoms in total. The molecule has 2 atom stereocenters. The van der Waals surface area contributed by atoms with E-state index in [0.717, 1.165) is 12.1 Å². The fraction of sp³-hybridized carbons (Fsp3) is 0.409. The Morgan fingerprint density at radius 3 is 2.48 bits per heavy atom. The number of urea groups is 2. The number of nitrogens with zero attached hydrogens (tertiary/aromatic N) is 2. The second-order valence-electron chi connectivity index (χ2n) is 8.48. The molecule has 0 aliphatic carbocycles. The van der Waals surface area contributed by atoms with E-state index in [1.54, 1.807) is 15.5 Å². The van der Waals surface area contributed by atoms with E-state index in [-0.39, 0.29) is 41.0 Å². The van der Waals surface area contributed by atoms with Crippen molar-refractivity contribution in [1.82, 2.24) is 14.8 Å². The Morgan fingerprint density at radius 1 is 1.03 bits per heavy atom. The molecule has 0 spiro atoms. The first-order valence-electron chi connectivity index (χ1n) is 10.4. The van der Waals surface area contributed by atoms with Gasteiger partial charge in [0.15, 0.2) is 0 Å². The lowest BCUT2D eigenvalue weighted by molar-refractivity contribution is 0.139. The van der Waals surface area contributed by atoms with Crippen LogP contribution in [0.4, 0.5) is 25.4 Å². The molecule has 164 valence electrons. The monoisotopic (exact) mass is 427 g/mol. The van der Waals surface area contributed by atoms with Crippen LogP contribution in [-0.4, -0.2) is 40.7 Å². The number of carbonyl (C=O) groups is 2. The average molecular weight is 427 g/mol. The van der Waals surface area contributed by atoms with Crippen LogP contribution in [0.25, 0.3) is 0 Å². The van der Waals surface area contributed by atoms with Gasteiger partial charge in [0.25, 0.3) is 5.56 Å². The van der Waals surface area contributed by atoms with Gasteiger partial charge in [0.1, 0.15) is 11.5 Å². The number of aromatic nitrogens is 1. The van der Waals surface area contributed by atoms with Crippen molar-refractivity contribution in [2.24, 2.45) is 5.92 Å². The van der Waals surface area contributed by atoms with Crippen LogP contribution in [0.2, 0.25) is 0 Å². The van der Waals surface area contributed by atoms with E-state index in [1.165, 1.54) is 24.3 Å². The molecule has 2 aliphatic heterocycles. The zero-order chi connectivity index (χ0) is 22.1. The molecular weight excluding hydrogens is 401 g/mol. The predicted octanol–water partition coefficient (Wildman–Crippen LogP) is 3.17. The zero-order valence-corrected chi connectivity index (χ0v) is 17.5. The molecule has 2 aliphatic rings. The number of hydrogen-bond donors (Lipinski definition) is 3. The van der Waals surface area contributed by atoms with Gasteiger partial charge in [-0.05, 0) is 62.6 Å². The summed E-state index contributed by atoms with van der Waals surface area (Å²) in [4.78, 5) is 39.4. The maximum absolute atomic E-state index is 13.1. The minimum absolute atomic E-state index is 0.0354. The third-order valence-corrected chi connectivity index (χ3v) is 5.65. The van der Waals surface area contributed by atoms with Gasteiger partial charge in [-0.25, -0.2) is 14.0 Å². The molecule has 1 fully saturated rings. The number of amides is 4. The topological polar surface area (TPSA) is 95.5 Å². The van der Waals surface area contributed by atoms with Gasteiger partial charge in [-0.15, -0.1) is 0 Å². The number of halogens is 1. The van der Waals surface area contributed by atoms with Gasteiger partial charge in [-0.1, -0.05) is 0 Å². The van der Waals surface area contributed by atoms with Crippen LogP contribution in [0, 0.1) is 11.7 Å². The van der Waals surface area contributed by atoms with Crippen LogP contribution < -0.4 is 21.5 Å². The number of anilines is 2. The van der Waals surface area contributed by atoms with Crippen molar-refractivity contribution in [3.63, 3.8) is 0 Å². The first-order chi connectivity index (χ1) is 14.8. The number of likely N-dealkylation sites (tertiary alicyclic amines) is 1. The Kier molecular flexibility index (Phi) is 5.67. The van der Waals surface area contributed by atoms with Crippen molar-refractivity contribution in [3.05, 3.63) is 58.3 Å². The van der Waals surface area contributed by atoms with Gasteiger partial charge in [0.05, 0.1) is 0 Å². The zero-order valence-electron chi connectivity index (χ0n) is 17.5. The SMILES string of the molecule is CC(C)NC(=O)Nc1ccc2n(c1=O)CC1CC2CN(C(=O)Nc2ccc(F)cc2)C1. The largest absolute Gasteiger partial charge is 0.336 e. The normalized spacial score (nSPS) is 19.5. The smallest absolute Gasteiger partial charge is 0.321 e. The first-order valence-corrected chi connectivity index (χ1v) is 10.4. The molecule has 0 saturated carbocycles. The molecule has 2 bridgehead atoms. The molecule has 3 heterocycles. The summed E-state index contributed by atoms with van der Waals surface area (Å²) in [6.07, 6.45) is 0.903. The van der Waals surface area contributed by atoms with Gasteiger partial charge in [-0.2, -0.15) is 0 Å². The van der Waals surface area contributed by atoms with Crippen LogP contribution >= 0.6 is 0 Å². The molecule has 3 N–H and O–H groups in total. The molecule has 4 rings (SSSR count). The third kappa shape index (κ3) is 4.55. The van der Waals surface area contributed by atoms with Gasteiger partial charge >= 0.3 is 12.1 Å². The highest BCUT2D eigenvalue weighted by Gasteiger charge is 2.36. The Morgan fingerprint density at radius 2 is 1.77 bits per heavy atom. The average Bonchev–Trinajstić information content (AvgIpc) is 2.71. The Hall–Kier alpha value is -3.36. The van der Waals surface area contributed by atoms with Crippen LogP contribution in [0.5, 0.6) is 0 Å². The van der Waals surface area contributed by atoms with Crippen LogP contribution in [0.3, 0.4) is 0 Å². The number of benzene rings is 1. The van der Waals surface area contributed by atoms with Crippen molar-refractivity contribution in [1.29, 1.82) is 0 Å². The molecule has 31 heavy (non-hydrogen) atoms. The van der Waals surface area contributed by atoms with E-state index in [0.29, 0.717) is 25.3 Å². The molecule has 1 aromatic carbocycles. The fourth-order valence-corrected chi connectivity index (χ4v) is 4.36. The molecule has 1 saturated heterocycles. The Balaban J connectivity index is 1.49. The highest BCUT2D eigenvalue weighted by molar-refractivity contribution is 5.90. The summed E-state index contributed by atoms with van der Waals surface area (Å²) in [5, 5.41) is 8.15. The lowest BCUT2D eigenvalue weighted by Crippen LogP contribution is -2.50.